The molecular formula is C18H20ClN. The molecule has 0 bridgehead atoms. The van der Waals surface area contributed by atoms with Crippen molar-refractivity contribution in [3.63, 3.8) is 0 Å². The summed E-state index contributed by atoms with van der Waals surface area (Å²) in [4.78, 5) is 0. The van der Waals surface area contributed by atoms with Crippen LogP contribution in [0.3, 0.4) is 0 Å². The Balaban J connectivity index is 1.95. The summed E-state index contributed by atoms with van der Waals surface area (Å²) in [7, 11) is 0. The Morgan fingerprint density at radius 2 is 1.70 bits per heavy atom. The summed E-state index contributed by atoms with van der Waals surface area (Å²) in [5.41, 5.74) is 5.68. The first-order valence-corrected chi connectivity index (χ1v) is 7.76. The molecule has 1 aliphatic rings. The minimum atomic E-state index is 0.253. The van der Waals surface area contributed by atoms with Crippen molar-refractivity contribution in [2.75, 3.05) is 6.54 Å². The van der Waals surface area contributed by atoms with Crippen molar-refractivity contribution in [1.29, 1.82) is 0 Å². The second kappa shape index (κ2) is 5.99. The van der Waals surface area contributed by atoms with Crippen LogP contribution in [0.4, 0.5) is 0 Å². The Hall–Kier alpha value is -1.31. The molecule has 0 amide bonds. The van der Waals surface area contributed by atoms with Gasteiger partial charge in [0.05, 0.1) is 6.04 Å². The van der Waals surface area contributed by atoms with Gasteiger partial charge in [0, 0.05) is 5.02 Å². The first-order chi connectivity index (χ1) is 9.78. The summed E-state index contributed by atoms with van der Waals surface area (Å²) < 4.78 is 0. The third kappa shape index (κ3) is 2.74. The van der Waals surface area contributed by atoms with Crippen molar-refractivity contribution < 1.29 is 0 Å². The fraction of sp³-hybridized carbons (Fsp3) is 0.333. The monoisotopic (exact) mass is 285 g/mol. The van der Waals surface area contributed by atoms with E-state index >= 15 is 0 Å². The molecular weight excluding hydrogens is 266 g/mol. The van der Waals surface area contributed by atoms with Crippen LogP contribution in [-0.2, 0) is 12.8 Å². The molecule has 1 nitrogen and oxygen atoms in total. The molecule has 0 fully saturated rings. The van der Waals surface area contributed by atoms with Crippen molar-refractivity contribution >= 4 is 11.6 Å². The minimum absolute atomic E-state index is 0.253. The van der Waals surface area contributed by atoms with Crippen LogP contribution < -0.4 is 5.32 Å². The Labute approximate surface area is 126 Å². The van der Waals surface area contributed by atoms with E-state index in [0.29, 0.717) is 0 Å². The van der Waals surface area contributed by atoms with E-state index in [0.717, 1.165) is 11.6 Å². The lowest BCUT2D eigenvalue weighted by atomic mass is 9.95. The first kappa shape index (κ1) is 13.7. The number of hydrogen-bond acceptors (Lipinski definition) is 1. The highest BCUT2D eigenvalue weighted by atomic mass is 35.5. The molecule has 0 aromatic heterocycles. The molecule has 0 aliphatic heterocycles. The van der Waals surface area contributed by atoms with Crippen LogP contribution >= 0.6 is 11.6 Å². The highest BCUT2D eigenvalue weighted by Gasteiger charge is 2.17. The standard InChI is InChI=1S/C18H20ClN/c1-2-20-18(14-8-10-17(19)11-9-14)16-7-6-13-4-3-5-15(13)12-16/h6-12,18,20H,2-5H2,1H3. The molecule has 0 spiro atoms. The topological polar surface area (TPSA) is 12.0 Å². The molecule has 20 heavy (non-hydrogen) atoms. The zero-order chi connectivity index (χ0) is 13.9. The molecule has 1 unspecified atom stereocenters. The number of fused-ring (bicyclic) bond motifs is 1. The Kier molecular flexibility index (Phi) is 4.09. The van der Waals surface area contributed by atoms with Crippen LogP contribution in [0.2, 0.25) is 5.02 Å². The van der Waals surface area contributed by atoms with Gasteiger partial charge >= 0.3 is 0 Å². The number of nitrogens with one attached hydrogen (secondary N) is 1. The molecule has 0 saturated carbocycles. The lowest BCUT2D eigenvalue weighted by Gasteiger charge is -2.20. The van der Waals surface area contributed by atoms with Crippen molar-refractivity contribution in [2.45, 2.75) is 32.2 Å². The summed E-state index contributed by atoms with van der Waals surface area (Å²) in [6.07, 6.45) is 3.76. The van der Waals surface area contributed by atoms with Crippen molar-refractivity contribution in [3.8, 4) is 0 Å². The van der Waals surface area contributed by atoms with E-state index < -0.39 is 0 Å². The van der Waals surface area contributed by atoms with Gasteiger partial charge in [-0.15, -0.1) is 0 Å². The molecule has 1 N–H and O–H groups in total. The molecule has 0 saturated heterocycles. The molecule has 3 rings (SSSR count). The number of rotatable bonds is 4. The Bertz CT molecular complexity index is 589. The van der Waals surface area contributed by atoms with Gasteiger partial charge in [-0.1, -0.05) is 48.9 Å². The van der Waals surface area contributed by atoms with Gasteiger partial charge < -0.3 is 5.32 Å². The predicted octanol–water partition coefficient (Wildman–Crippen LogP) is 4.53. The fourth-order valence-corrected chi connectivity index (χ4v) is 3.18. The van der Waals surface area contributed by atoms with Gasteiger partial charge in [-0.05, 0) is 60.2 Å². The van der Waals surface area contributed by atoms with E-state index in [1.165, 1.54) is 41.5 Å². The van der Waals surface area contributed by atoms with Crippen LogP contribution in [0.1, 0.15) is 41.6 Å². The maximum Gasteiger partial charge on any atom is 0.0576 e. The highest BCUT2D eigenvalue weighted by Crippen LogP contribution is 2.29. The van der Waals surface area contributed by atoms with Gasteiger partial charge in [0.25, 0.3) is 0 Å². The maximum absolute atomic E-state index is 6.00. The predicted molar refractivity (Wildman–Crippen MR) is 85.4 cm³/mol. The van der Waals surface area contributed by atoms with Crippen LogP contribution in [0.15, 0.2) is 42.5 Å². The third-order valence-corrected chi connectivity index (χ3v) is 4.32. The molecule has 2 aromatic carbocycles. The summed E-state index contributed by atoms with van der Waals surface area (Å²) in [5, 5.41) is 4.37. The minimum Gasteiger partial charge on any atom is -0.307 e. The van der Waals surface area contributed by atoms with E-state index in [4.69, 9.17) is 11.6 Å². The van der Waals surface area contributed by atoms with Crippen LogP contribution in [0, 0.1) is 0 Å². The van der Waals surface area contributed by atoms with E-state index in [-0.39, 0.29) is 6.04 Å². The van der Waals surface area contributed by atoms with Crippen molar-refractivity contribution in [2.24, 2.45) is 0 Å². The first-order valence-electron chi connectivity index (χ1n) is 7.38. The van der Waals surface area contributed by atoms with Gasteiger partial charge in [0.1, 0.15) is 0 Å². The van der Waals surface area contributed by atoms with Crippen LogP contribution in [0.5, 0.6) is 0 Å². The van der Waals surface area contributed by atoms with Gasteiger partial charge in [0.15, 0.2) is 0 Å². The number of benzene rings is 2. The Morgan fingerprint density at radius 3 is 2.45 bits per heavy atom. The molecule has 1 atom stereocenters. The summed E-state index contributed by atoms with van der Waals surface area (Å²) >= 11 is 6.00. The lowest BCUT2D eigenvalue weighted by Crippen LogP contribution is -2.22. The average Bonchev–Trinajstić information content (AvgIpc) is 2.93. The van der Waals surface area contributed by atoms with Crippen LogP contribution in [0.25, 0.3) is 0 Å². The average molecular weight is 286 g/mol. The quantitative estimate of drug-likeness (QED) is 0.870. The summed E-state index contributed by atoms with van der Waals surface area (Å²) in [5.74, 6) is 0. The summed E-state index contributed by atoms with van der Waals surface area (Å²) in [6.45, 7) is 3.10. The van der Waals surface area contributed by atoms with E-state index in [2.05, 4.69) is 42.6 Å². The molecule has 0 heterocycles. The molecule has 1 aliphatic carbocycles. The van der Waals surface area contributed by atoms with Gasteiger partial charge in [0.2, 0.25) is 0 Å². The highest BCUT2D eigenvalue weighted by molar-refractivity contribution is 6.30. The zero-order valence-electron chi connectivity index (χ0n) is 11.8. The number of halogens is 1. The molecule has 104 valence electrons. The summed E-state index contributed by atoms with van der Waals surface area (Å²) in [6, 6.07) is 15.4. The molecule has 2 aromatic rings. The normalized spacial score (nSPS) is 15.1. The SMILES string of the molecule is CCNC(c1ccc(Cl)cc1)c1ccc2c(c1)CCC2. The lowest BCUT2D eigenvalue weighted by molar-refractivity contribution is 0.630. The van der Waals surface area contributed by atoms with Crippen molar-refractivity contribution in [3.05, 3.63) is 69.7 Å². The Morgan fingerprint density at radius 1 is 1.00 bits per heavy atom. The second-order valence-corrected chi connectivity index (χ2v) is 5.86. The van der Waals surface area contributed by atoms with E-state index in [9.17, 15) is 0 Å². The van der Waals surface area contributed by atoms with Gasteiger partial charge in [-0.3, -0.25) is 0 Å². The number of aryl methyl sites for hydroxylation is 2. The van der Waals surface area contributed by atoms with E-state index in [1.807, 2.05) is 12.1 Å². The largest absolute Gasteiger partial charge is 0.307 e. The van der Waals surface area contributed by atoms with Gasteiger partial charge in [-0.2, -0.15) is 0 Å². The van der Waals surface area contributed by atoms with Gasteiger partial charge in [-0.25, -0.2) is 0 Å². The smallest absolute Gasteiger partial charge is 0.0576 e. The van der Waals surface area contributed by atoms with E-state index in [1.54, 1.807) is 0 Å². The van der Waals surface area contributed by atoms with Crippen LogP contribution in [-0.4, -0.2) is 6.54 Å². The second-order valence-electron chi connectivity index (χ2n) is 5.42. The van der Waals surface area contributed by atoms with Crippen molar-refractivity contribution in [1.82, 2.24) is 5.32 Å². The molecule has 2 heteroatoms. The molecule has 0 radical (unpaired) electrons. The fourth-order valence-electron chi connectivity index (χ4n) is 3.06. The number of hydrogen-bond donors (Lipinski definition) is 1. The maximum atomic E-state index is 6.00. The third-order valence-electron chi connectivity index (χ3n) is 4.07. The zero-order valence-corrected chi connectivity index (χ0v) is 12.6.